The Hall–Kier alpha value is -1.24. The fourth-order valence-corrected chi connectivity index (χ4v) is 2.11. The summed E-state index contributed by atoms with van der Waals surface area (Å²) in [5.74, 6) is -1.15. The van der Waals surface area contributed by atoms with Crippen molar-refractivity contribution in [3.63, 3.8) is 0 Å². The molecule has 7 heteroatoms. The third kappa shape index (κ3) is 3.90. The van der Waals surface area contributed by atoms with E-state index >= 15 is 0 Å². The van der Waals surface area contributed by atoms with E-state index in [9.17, 15) is 18.0 Å². The van der Waals surface area contributed by atoms with Crippen molar-refractivity contribution in [2.45, 2.75) is 30.3 Å². The Kier molecular flexibility index (Phi) is 4.61. The quantitative estimate of drug-likeness (QED) is 0.859. The molecule has 100 valence electrons. The lowest BCUT2D eigenvalue weighted by atomic mass is 10.1. The maximum Gasteiger partial charge on any atom is 0.417 e. The van der Waals surface area contributed by atoms with Crippen LogP contribution in [-0.4, -0.2) is 21.3 Å². The predicted molar refractivity (Wildman–Crippen MR) is 61.4 cm³/mol. The minimum Gasteiger partial charge on any atom is -0.480 e. The van der Waals surface area contributed by atoms with Gasteiger partial charge in [-0.25, -0.2) is 4.98 Å². The van der Waals surface area contributed by atoms with E-state index < -0.39 is 23.0 Å². The van der Waals surface area contributed by atoms with Gasteiger partial charge >= 0.3 is 12.1 Å². The number of thioether (sulfide) groups is 1. The van der Waals surface area contributed by atoms with Crippen LogP contribution in [0.2, 0.25) is 0 Å². The average molecular weight is 279 g/mol. The second-order valence-electron chi connectivity index (χ2n) is 4.00. The molecule has 0 saturated carbocycles. The molecule has 18 heavy (non-hydrogen) atoms. The number of hydrogen-bond donors (Lipinski definition) is 1. The number of nitrogens with zero attached hydrogens (tertiary/aromatic N) is 1. The summed E-state index contributed by atoms with van der Waals surface area (Å²) >= 11 is 0.946. The van der Waals surface area contributed by atoms with Gasteiger partial charge in [0.2, 0.25) is 0 Å². The van der Waals surface area contributed by atoms with Crippen molar-refractivity contribution in [3.8, 4) is 0 Å². The third-order valence-electron chi connectivity index (χ3n) is 2.16. The van der Waals surface area contributed by atoms with Crippen molar-refractivity contribution in [1.82, 2.24) is 4.98 Å². The number of pyridine rings is 1. The van der Waals surface area contributed by atoms with Crippen molar-refractivity contribution >= 4 is 17.7 Å². The van der Waals surface area contributed by atoms with Crippen LogP contribution < -0.4 is 0 Å². The van der Waals surface area contributed by atoms with E-state index in [-0.39, 0.29) is 10.9 Å². The molecule has 0 aliphatic carbocycles. The first kappa shape index (κ1) is 14.8. The molecule has 0 radical (unpaired) electrons. The van der Waals surface area contributed by atoms with E-state index in [4.69, 9.17) is 5.11 Å². The molecule has 1 atom stereocenters. The van der Waals surface area contributed by atoms with Crippen molar-refractivity contribution in [3.05, 3.63) is 23.9 Å². The van der Waals surface area contributed by atoms with Crippen molar-refractivity contribution in [1.29, 1.82) is 0 Å². The van der Waals surface area contributed by atoms with Crippen LogP contribution in [0.5, 0.6) is 0 Å². The van der Waals surface area contributed by atoms with Crippen LogP contribution in [-0.2, 0) is 11.0 Å². The Morgan fingerprint density at radius 1 is 1.39 bits per heavy atom. The van der Waals surface area contributed by atoms with Gasteiger partial charge < -0.3 is 5.11 Å². The monoisotopic (exact) mass is 279 g/mol. The number of aliphatic carboxylic acids is 1. The number of halogens is 3. The van der Waals surface area contributed by atoms with Crippen molar-refractivity contribution in [2.75, 3.05) is 0 Å². The zero-order chi connectivity index (χ0) is 13.9. The minimum absolute atomic E-state index is 0.142. The second-order valence-corrected chi connectivity index (χ2v) is 5.17. The van der Waals surface area contributed by atoms with Crippen LogP contribution in [0.1, 0.15) is 19.4 Å². The molecule has 0 aromatic carbocycles. The van der Waals surface area contributed by atoms with E-state index in [2.05, 4.69) is 4.98 Å². The summed E-state index contributed by atoms with van der Waals surface area (Å²) in [5.41, 5.74) is -0.844. The average Bonchev–Trinajstić information content (AvgIpc) is 2.24. The first-order valence-corrected chi connectivity index (χ1v) is 6.02. The molecule has 0 fully saturated rings. The maximum atomic E-state index is 12.3. The van der Waals surface area contributed by atoms with Gasteiger partial charge in [-0.15, -0.1) is 0 Å². The maximum absolute atomic E-state index is 12.3. The van der Waals surface area contributed by atoms with Gasteiger partial charge in [0, 0.05) is 6.20 Å². The molecular formula is C11H12F3NO2S. The molecular weight excluding hydrogens is 267 g/mol. The van der Waals surface area contributed by atoms with Crippen molar-refractivity contribution in [2.24, 2.45) is 5.92 Å². The highest BCUT2D eigenvalue weighted by Crippen LogP contribution is 2.31. The van der Waals surface area contributed by atoms with Crippen LogP contribution in [0.25, 0.3) is 0 Å². The van der Waals surface area contributed by atoms with E-state index in [0.29, 0.717) is 6.20 Å². The summed E-state index contributed by atoms with van der Waals surface area (Å²) in [7, 11) is 0. The molecule has 1 unspecified atom stereocenters. The molecule has 0 aliphatic rings. The first-order valence-electron chi connectivity index (χ1n) is 5.14. The van der Waals surface area contributed by atoms with Gasteiger partial charge in [0.25, 0.3) is 0 Å². The fraction of sp³-hybridized carbons (Fsp3) is 0.455. The first-order chi connectivity index (χ1) is 8.21. The highest BCUT2D eigenvalue weighted by molar-refractivity contribution is 8.00. The molecule has 1 aromatic heterocycles. The molecule has 1 aromatic rings. The van der Waals surface area contributed by atoms with Gasteiger partial charge in [0.05, 0.1) is 10.6 Å². The van der Waals surface area contributed by atoms with E-state index in [1.807, 2.05) is 0 Å². The number of alkyl halides is 3. The Morgan fingerprint density at radius 2 is 2.00 bits per heavy atom. The zero-order valence-corrected chi connectivity index (χ0v) is 10.5. The molecule has 1 heterocycles. The number of aromatic nitrogens is 1. The highest BCUT2D eigenvalue weighted by atomic mass is 32.2. The normalized spacial score (nSPS) is 13.7. The summed E-state index contributed by atoms with van der Waals surface area (Å²) in [5, 5.41) is 8.50. The van der Waals surface area contributed by atoms with Crippen LogP contribution in [0, 0.1) is 5.92 Å². The third-order valence-corrected chi connectivity index (χ3v) is 3.64. The Morgan fingerprint density at radius 3 is 2.33 bits per heavy atom. The summed E-state index contributed by atoms with van der Waals surface area (Å²) < 4.78 is 36.9. The Balaban J connectivity index is 2.83. The molecule has 1 N–H and O–H groups in total. The molecule has 0 aliphatic heterocycles. The Bertz CT molecular complexity index is 417. The van der Waals surface area contributed by atoms with Crippen LogP contribution in [0.15, 0.2) is 23.4 Å². The lowest BCUT2D eigenvalue weighted by Crippen LogP contribution is -2.22. The molecule has 1 rings (SSSR count). The molecule has 0 bridgehead atoms. The highest BCUT2D eigenvalue weighted by Gasteiger charge is 2.31. The number of hydrogen-bond acceptors (Lipinski definition) is 3. The lowest BCUT2D eigenvalue weighted by Gasteiger charge is -2.15. The fourth-order valence-electron chi connectivity index (χ4n) is 1.22. The second kappa shape index (κ2) is 5.60. The smallest absolute Gasteiger partial charge is 0.417 e. The van der Waals surface area contributed by atoms with Gasteiger partial charge in [0.1, 0.15) is 5.25 Å². The predicted octanol–water partition coefficient (Wildman–Crippen LogP) is 3.30. The minimum atomic E-state index is -4.43. The summed E-state index contributed by atoms with van der Waals surface area (Å²) in [4.78, 5) is 14.6. The van der Waals surface area contributed by atoms with Gasteiger partial charge in [-0.05, 0) is 18.1 Å². The van der Waals surface area contributed by atoms with E-state index in [1.54, 1.807) is 13.8 Å². The van der Waals surface area contributed by atoms with Crippen LogP contribution >= 0.6 is 11.8 Å². The SMILES string of the molecule is CC(C)C(Sc1ccc(C(F)(F)F)cn1)C(=O)O. The van der Waals surface area contributed by atoms with Gasteiger partial charge in [-0.3, -0.25) is 4.79 Å². The zero-order valence-electron chi connectivity index (χ0n) is 9.73. The summed E-state index contributed by atoms with van der Waals surface area (Å²) in [6.07, 6.45) is -3.72. The largest absolute Gasteiger partial charge is 0.480 e. The lowest BCUT2D eigenvalue weighted by molar-refractivity contribution is -0.138. The van der Waals surface area contributed by atoms with Gasteiger partial charge in [0.15, 0.2) is 0 Å². The molecule has 0 saturated heterocycles. The summed E-state index contributed by atoms with van der Waals surface area (Å²) in [6, 6.07) is 2.08. The topological polar surface area (TPSA) is 50.2 Å². The number of carboxylic acids is 1. The van der Waals surface area contributed by atoms with Crippen LogP contribution in [0.4, 0.5) is 13.2 Å². The summed E-state index contributed by atoms with van der Waals surface area (Å²) in [6.45, 7) is 3.46. The van der Waals surface area contributed by atoms with E-state index in [1.165, 1.54) is 6.07 Å². The molecule has 3 nitrogen and oxygen atoms in total. The number of rotatable bonds is 4. The number of carboxylic acid groups (broad SMARTS) is 1. The van der Waals surface area contributed by atoms with Gasteiger partial charge in [-0.2, -0.15) is 13.2 Å². The van der Waals surface area contributed by atoms with Crippen LogP contribution in [0.3, 0.4) is 0 Å². The standard InChI is InChI=1S/C11H12F3NO2S/c1-6(2)9(10(16)17)18-8-4-3-7(5-15-8)11(12,13)14/h3-6,9H,1-2H3,(H,16,17). The number of carbonyl (C=O) groups is 1. The van der Waals surface area contributed by atoms with Gasteiger partial charge in [-0.1, -0.05) is 25.6 Å². The Labute approximate surface area is 106 Å². The van der Waals surface area contributed by atoms with Crippen molar-refractivity contribution < 1.29 is 23.1 Å². The van der Waals surface area contributed by atoms with E-state index in [0.717, 1.165) is 17.8 Å². The molecule has 0 spiro atoms. The molecule has 0 amide bonds.